The summed E-state index contributed by atoms with van der Waals surface area (Å²) in [5, 5.41) is 4.16. The Bertz CT molecular complexity index is 384. The Balaban J connectivity index is 2.00. The quantitative estimate of drug-likeness (QED) is 0.894. The van der Waals surface area contributed by atoms with Crippen LogP contribution in [0.25, 0.3) is 0 Å². The number of likely N-dealkylation sites (tertiary alicyclic amines) is 1. The minimum Gasteiger partial charge on any atom is -0.495 e. The smallest absolute Gasteiger partial charge is 0.142 e. The van der Waals surface area contributed by atoms with Gasteiger partial charge in [0.25, 0.3) is 0 Å². The number of anilines is 1. The second-order valence-corrected chi connectivity index (χ2v) is 4.94. The molecule has 1 saturated heterocycles. The number of rotatable bonds is 4. The van der Waals surface area contributed by atoms with Crippen LogP contribution in [0, 0.1) is 0 Å². The molecule has 94 valence electrons. The van der Waals surface area contributed by atoms with Crippen molar-refractivity contribution in [1.82, 2.24) is 4.90 Å². The second kappa shape index (κ2) is 5.61. The van der Waals surface area contributed by atoms with Crippen LogP contribution >= 0.6 is 11.6 Å². The number of likely N-dealkylation sites (N-methyl/N-ethyl adjacent to an activating group) is 1. The Morgan fingerprint density at radius 3 is 3.00 bits per heavy atom. The third kappa shape index (κ3) is 3.05. The molecule has 1 fully saturated rings. The first-order valence-corrected chi connectivity index (χ1v) is 6.36. The van der Waals surface area contributed by atoms with E-state index in [0.717, 1.165) is 23.0 Å². The Hall–Kier alpha value is -0.930. The SMILES string of the molecule is COc1ccc(Cl)cc1NCC1CCCN1C. The molecule has 1 aliphatic rings. The van der Waals surface area contributed by atoms with Crippen molar-refractivity contribution < 1.29 is 4.74 Å². The van der Waals surface area contributed by atoms with Gasteiger partial charge in [0.05, 0.1) is 12.8 Å². The van der Waals surface area contributed by atoms with Crippen LogP contribution in [0.1, 0.15) is 12.8 Å². The highest BCUT2D eigenvalue weighted by Gasteiger charge is 2.20. The minimum atomic E-state index is 0.610. The minimum absolute atomic E-state index is 0.610. The molecule has 1 N–H and O–H groups in total. The molecule has 17 heavy (non-hydrogen) atoms. The van der Waals surface area contributed by atoms with Gasteiger partial charge in [-0.05, 0) is 44.6 Å². The van der Waals surface area contributed by atoms with E-state index in [1.165, 1.54) is 19.4 Å². The summed E-state index contributed by atoms with van der Waals surface area (Å²) in [6.07, 6.45) is 2.54. The number of halogens is 1. The maximum Gasteiger partial charge on any atom is 0.142 e. The monoisotopic (exact) mass is 254 g/mol. The molecular formula is C13H19ClN2O. The number of ether oxygens (including phenoxy) is 1. The highest BCUT2D eigenvalue weighted by Crippen LogP contribution is 2.28. The van der Waals surface area contributed by atoms with Gasteiger partial charge in [-0.2, -0.15) is 0 Å². The molecule has 0 bridgehead atoms. The average molecular weight is 255 g/mol. The van der Waals surface area contributed by atoms with Crippen LogP contribution < -0.4 is 10.1 Å². The number of methoxy groups -OCH3 is 1. The number of nitrogens with one attached hydrogen (secondary N) is 1. The molecule has 0 aliphatic carbocycles. The summed E-state index contributed by atoms with van der Waals surface area (Å²) in [6.45, 7) is 2.13. The molecule has 0 spiro atoms. The molecule has 1 aromatic carbocycles. The molecule has 3 nitrogen and oxygen atoms in total. The van der Waals surface area contributed by atoms with Crippen LogP contribution in [0.4, 0.5) is 5.69 Å². The molecule has 2 rings (SSSR count). The Kier molecular flexibility index (Phi) is 4.13. The van der Waals surface area contributed by atoms with Crippen LogP contribution in [0.5, 0.6) is 5.75 Å². The standard InChI is InChI=1S/C13H19ClN2O/c1-16-7-3-4-11(16)9-15-12-8-10(14)5-6-13(12)17-2/h5-6,8,11,15H,3-4,7,9H2,1-2H3. The van der Waals surface area contributed by atoms with Gasteiger partial charge in [-0.3, -0.25) is 0 Å². The van der Waals surface area contributed by atoms with E-state index in [9.17, 15) is 0 Å². The van der Waals surface area contributed by atoms with Crippen molar-refractivity contribution in [2.75, 3.05) is 32.6 Å². The first kappa shape index (κ1) is 12.5. The fourth-order valence-electron chi connectivity index (χ4n) is 2.28. The zero-order chi connectivity index (χ0) is 12.3. The van der Waals surface area contributed by atoms with Crippen molar-refractivity contribution in [2.24, 2.45) is 0 Å². The molecular weight excluding hydrogens is 236 g/mol. The Morgan fingerprint density at radius 2 is 2.35 bits per heavy atom. The van der Waals surface area contributed by atoms with Gasteiger partial charge in [-0.25, -0.2) is 0 Å². The third-order valence-electron chi connectivity index (χ3n) is 3.36. The second-order valence-electron chi connectivity index (χ2n) is 4.50. The van der Waals surface area contributed by atoms with Gasteiger partial charge in [0, 0.05) is 17.6 Å². The van der Waals surface area contributed by atoms with E-state index in [2.05, 4.69) is 17.3 Å². The first-order chi connectivity index (χ1) is 8.20. The van der Waals surface area contributed by atoms with Crippen molar-refractivity contribution in [3.63, 3.8) is 0 Å². The van der Waals surface area contributed by atoms with Crippen molar-refractivity contribution >= 4 is 17.3 Å². The van der Waals surface area contributed by atoms with Crippen LogP contribution in [-0.2, 0) is 0 Å². The number of hydrogen-bond acceptors (Lipinski definition) is 3. The summed E-state index contributed by atoms with van der Waals surface area (Å²) in [6, 6.07) is 6.25. The summed E-state index contributed by atoms with van der Waals surface area (Å²) in [4.78, 5) is 2.39. The lowest BCUT2D eigenvalue weighted by atomic mass is 10.2. The van der Waals surface area contributed by atoms with Gasteiger partial charge in [0.15, 0.2) is 0 Å². The number of nitrogens with zero attached hydrogens (tertiary/aromatic N) is 1. The lowest BCUT2D eigenvalue weighted by Crippen LogP contribution is -2.31. The van der Waals surface area contributed by atoms with Crippen molar-refractivity contribution in [1.29, 1.82) is 0 Å². The topological polar surface area (TPSA) is 24.5 Å². The number of benzene rings is 1. The van der Waals surface area contributed by atoms with Gasteiger partial charge in [0.2, 0.25) is 0 Å². The van der Waals surface area contributed by atoms with Gasteiger partial charge in [-0.1, -0.05) is 11.6 Å². The van der Waals surface area contributed by atoms with Crippen LogP contribution in [-0.4, -0.2) is 38.2 Å². The summed E-state index contributed by atoms with van der Waals surface area (Å²) in [5.74, 6) is 0.843. The normalized spacial score (nSPS) is 20.5. The molecule has 1 aliphatic heterocycles. The molecule has 1 aromatic rings. The maximum atomic E-state index is 5.99. The van der Waals surface area contributed by atoms with Crippen LogP contribution in [0.3, 0.4) is 0 Å². The fourth-order valence-corrected chi connectivity index (χ4v) is 2.46. The van der Waals surface area contributed by atoms with Crippen molar-refractivity contribution in [3.8, 4) is 5.75 Å². The number of hydrogen-bond donors (Lipinski definition) is 1. The summed E-state index contributed by atoms with van der Waals surface area (Å²) >= 11 is 5.99. The molecule has 1 atom stereocenters. The van der Waals surface area contributed by atoms with E-state index in [1.54, 1.807) is 7.11 Å². The average Bonchev–Trinajstić information content (AvgIpc) is 2.72. The predicted octanol–water partition coefficient (Wildman–Crippen LogP) is 2.85. The molecule has 0 saturated carbocycles. The lowest BCUT2D eigenvalue weighted by molar-refractivity contribution is 0.322. The summed E-state index contributed by atoms with van der Waals surface area (Å²) < 4.78 is 5.31. The predicted molar refractivity (Wildman–Crippen MR) is 72.1 cm³/mol. The molecule has 1 heterocycles. The van der Waals surface area contributed by atoms with E-state index in [4.69, 9.17) is 16.3 Å². The van der Waals surface area contributed by atoms with Gasteiger partial charge >= 0.3 is 0 Å². The van der Waals surface area contributed by atoms with Crippen LogP contribution in [0.15, 0.2) is 18.2 Å². The summed E-state index contributed by atoms with van der Waals surface area (Å²) in [5.41, 5.74) is 0.973. The third-order valence-corrected chi connectivity index (χ3v) is 3.60. The van der Waals surface area contributed by atoms with Gasteiger partial charge in [-0.15, -0.1) is 0 Å². The molecule has 1 unspecified atom stereocenters. The molecule has 0 amide bonds. The van der Waals surface area contributed by atoms with Gasteiger partial charge in [0.1, 0.15) is 5.75 Å². The molecule has 0 radical (unpaired) electrons. The lowest BCUT2D eigenvalue weighted by Gasteiger charge is -2.21. The van der Waals surface area contributed by atoms with E-state index in [1.807, 2.05) is 18.2 Å². The molecule has 0 aromatic heterocycles. The highest BCUT2D eigenvalue weighted by molar-refractivity contribution is 6.30. The fraction of sp³-hybridized carbons (Fsp3) is 0.538. The van der Waals surface area contributed by atoms with E-state index >= 15 is 0 Å². The largest absolute Gasteiger partial charge is 0.495 e. The van der Waals surface area contributed by atoms with E-state index in [-0.39, 0.29) is 0 Å². The molecule has 4 heteroatoms. The highest BCUT2D eigenvalue weighted by atomic mass is 35.5. The van der Waals surface area contributed by atoms with Crippen molar-refractivity contribution in [3.05, 3.63) is 23.2 Å². The first-order valence-electron chi connectivity index (χ1n) is 5.98. The van der Waals surface area contributed by atoms with Crippen LogP contribution in [0.2, 0.25) is 5.02 Å². The van der Waals surface area contributed by atoms with Crippen molar-refractivity contribution in [2.45, 2.75) is 18.9 Å². The summed E-state index contributed by atoms with van der Waals surface area (Å²) in [7, 11) is 3.85. The zero-order valence-electron chi connectivity index (χ0n) is 10.4. The zero-order valence-corrected chi connectivity index (χ0v) is 11.1. The Morgan fingerprint density at radius 1 is 1.53 bits per heavy atom. The Labute approximate surface area is 108 Å². The van der Waals surface area contributed by atoms with Gasteiger partial charge < -0.3 is 15.0 Å². The van der Waals surface area contributed by atoms with E-state index in [0.29, 0.717) is 6.04 Å². The maximum absolute atomic E-state index is 5.99. The van der Waals surface area contributed by atoms with E-state index < -0.39 is 0 Å².